The van der Waals surface area contributed by atoms with Gasteiger partial charge in [0.1, 0.15) is 0 Å². The summed E-state index contributed by atoms with van der Waals surface area (Å²) >= 11 is 7.04. The normalized spacial score (nSPS) is 13.9. The fourth-order valence-electron chi connectivity index (χ4n) is 2.82. The van der Waals surface area contributed by atoms with E-state index in [0.717, 1.165) is 24.2 Å². The summed E-state index contributed by atoms with van der Waals surface area (Å²) < 4.78 is 0.567. The maximum Gasteiger partial charge on any atom is 0.227 e. The molecule has 1 aromatic heterocycles. The van der Waals surface area contributed by atoms with Gasteiger partial charge >= 0.3 is 0 Å². The van der Waals surface area contributed by atoms with Gasteiger partial charge in [-0.05, 0) is 36.2 Å². The molecule has 0 radical (unpaired) electrons. The second-order valence-electron chi connectivity index (χ2n) is 6.12. The summed E-state index contributed by atoms with van der Waals surface area (Å²) in [6.07, 6.45) is 1.81. The second-order valence-corrected chi connectivity index (χ2v) is 7.83. The van der Waals surface area contributed by atoms with Crippen LogP contribution < -0.4 is 10.2 Å². The van der Waals surface area contributed by atoms with E-state index < -0.39 is 0 Å². The van der Waals surface area contributed by atoms with Crippen molar-refractivity contribution in [3.63, 3.8) is 0 Å². The predicted molar refractivity (Wildman–Crippen MR) is 103 cm³/mol. The fraction of sp³-hybridized carbons (Fsp3) is 0.316. The Labute approximate surface area is 161 Å². The van der Waals surface area contributed by atoms with Gasteiger partial charge in [0.05, 0.1) is 9.21 Å². The number of benzene rings is 1. The van der Waals surface area contributed by atoms with Gasteiger partial charge in [-0.2, -0.15) is 0 Å². The largest absolute Gasteiger partial charge is 0.352 e. The molecule has 26 heavy (non-hydrogen) atoms. The van der Waals surface area contributed by atoms with E-state index in [1.165, 1.54) is 11.3 Å². The molecule has 2 amide bonds. The number of Topliss-reactive ketones (excluding diaryl/α,β-unsaturated/α-hetero) is 1. The molecule has 0 spiro atoms. The standard InChI is InChI=1S/C19H19ClN2O3S/c20-17-9-8-16(26-17)15(23)7-10-18(24)21-12-13-3-5-14(6-4-13)22-11-1-2-19(22)25/h3-6,8-9H,1-2,7,10-12H2,(H,21,24). The maximum atomic E-state index is 12.0. The number of hydrogen-bond acceptors (Lipinski definition) is 4. The summed E-state index contributed by atoms with van der Waals surface area (Å²) in [6, 6.07) is 11.0. The first-order valence-corrected chi connectivity index (χ1v) is 9.67. The lowest BCUT2D eigenvalue weighted by molar-refractivity contribution is -0.121. The van der Waals surface area contributed by atoms with Gasteiger partial charge in [-0.1, -0.05) is 23.7 Å². The zero-order valence-corrected chi connectivity index (χ0v) is 15.7. The average molecular weight is 391 g/mol. The molecule has 1 aliphatic heterocycles. The number of anilines is 1. The van der Waals surface area contributed by atoms with E-state index >= 15 is 0 Å². The van der Waals surface area contributed by atoms with Crippen LogP contribution in [0.25, 0.3) is 0 Å². The number of amides is 2. The van der Waals surface area contributed by atoms with Crippen molar-refractivity contribution in [1.29, 1.82) is 0 Å². The molecule has 1 aliphatic rings. The minimum absolute atomic E-state index is 0.0725. The molecule has 2 heterocycles. The molecule has 136 valence electrons. The van der Waals surface area contributed by atoms with Gasteiger partial charge < -0.3 is 10.2 Å². The summed E-state index contributed by atoms with van der Waals surface area (Å²) in [5.41, 5.74) is 1.84. The topological polar surface area (TPSA) is 66.5 Å². The van der Waals surface area contributed by atoms with Crippen molar-refractivity contribution in [3.05, 3.63) is 51.2 Å². The molecule has 1 N–H and O–H groups in total. The molecule has 7 heteroatoms. The van der Waals surface area contributed by atoms with Crippen LogP contribution in [-0.4, -0.2) is 24.1 Å². The van der Waals surface area contributed by atoms with Crippen LogP contribution >= 0.6 is 22.9 Å². The van der Waals surface area contributed by atoms with Crippen molar-refractivity contribution in [3.8, 4) is 0 Å². The van der Waals surface area contributed by atoms with E-state index in [1.54, 1.807) is 17.0 Å². The zero-order valence-electron chi connectivity index (χ0n) is 14.2. The third-order valence-electron chi connectivity index (χ3n) is 4.24. The Morgan fingerprint density at radius 2 is 1.88 bits per heavy atom. The van der Waals surface area contributed by atoms with Crippen LogP contribution in [0.2, 0.25) is 4.34 Å². The lowest BCUT2D eigenvalue weighted by Crippen LogP contribution is -2.24. The molecule has 1 aromatic carbocycles. The number of nitrogens with zero attached hydrogens (tertiary/aromatic N) is 1. The number of rotatable bonds is 7. The van der Waals surface area contributed by atoms with Crippen molar-refractivity contribution in [2.45, 2.75) is 32.2 Å². The smallest absolute Gasteiger partial charge is 0.227 e. The van der Waals surface area contributed by atoms with Crippen LogP contribution in [0, 0.1) is 0 Å². The molecule has 1 fully saturated rings. The summed E-state index contributed by atoms with van der Waals surface area (Å²) in [7, 11) is 0. The third kappa shape index (κ3) is 4.71. The summed E-state index contributed by atoms with van der Waals surface area (Å²) in [6.45, 7) is 1.16. The molecule has 0 aliphatic carbocycles. The van der Waals surface area contributed by atoms with E-state index in [2.05, 4.69) is 5.32 Å². The monoisotopic (exact) mass is 390 g/mol. The number of hydrogen-bond donors (Lipinski definition) is 1. The highest BCUT2D eigenvalue weighted by molar-refractivity contribution is 7.18. The number of nitrogens with one attached hydrogen (secondary N) is 1. The maximum absolute atomic E-state index is 12.0. The highest BCUT2D eigenvalue weighted by atomic mass is 35.5. The number of carbonyl (C=O) groups is 3. The molecule has 0 atom stereocenters. The fourth-order valence-corrected chi connectivity index (χ4v) is 3.83. The SMILES string of the molecule is O=C(CCC(=O)c1ccc(Cl)s1)NCc1ccc(N2CCCC2=O)cc1. The lowest BCUT2D eigenvalue weighted by atomic mass is 10.1. The van der Waals surface area contributed by atoms with Crippen molar-refractivity contribution in [2.75, 3.05) is 11.4 Å². The quantitative estimate of drug-likeness (QED) is 0.731. The van der Waals surface area contributed by atoms with Crippen molar-refractivity contribution in [1.82, 2.24) is 5.32 Å². The first-order valence-electron chi connectivity index (χ1n) is 8.47. The van der Waals surface area contributed by atoms with Crippen LogP contribution in [0.3, 0.4) is 0 Å². The van der Waals surface area contributed by atoms with Gasteiger partial charge in [0.15, 0.2) is 5.78 Å². The van der Waals surface area contributed by atoms with Gasteiger partial charge in [-0.3, -0.25) is 14.4 Å². The Bertz CT molecular complexity index is 816. The van der Waals surface area contributed by atoms with E-state index in [1.807, 2.05) is 24.3 Å². The van der Waals surface area contributed by atoms with E-state index in [4.69, 9.17) is 11.6 Å². The molecule has 2 aromatic rings. The van der Waals surface area contributed by atoms with Crippen molar-refractivity contribution >= 4 is 46.2 Å². The highest BCUT2D eigenvalue weighted by Crippen LogP contribution is 2.23. The minimum atomic E-state index is -0.167. The van der Waals surface area contributed by atoms with Gasteiger partial charge in [-0.15, -0.1) is 11.3 Å². The van der Waals surface area contributed by atoms with Gasteiger partial charge in [0.2, 0.25) is 11.8 Å². The molecule has 0 unspecified atom stereocenters. The highest BCUT2D eigenvalue weighted by Gasteiger charge is 2.21. The number of halogens is 1. The molecular formula is C19H19ClN2O3S. The Morgan fingerprint density at radius 1 is 1.12 bits per heavy atom. The number of carbonyl (C=O) groups excluding carboxylic acids is 3. The Balaban J connectivity index is 1.44. The van der Waals surface area contributed by atoms with Crippen LogP contribution in [-0.2, 0) is 16.1 Å². The van der Waals surface area contributed by atoms with Crippen molar-refractivity contribution < 1.29 is 14.4 Å². The number of ketones is 1. The molecule has 3 rings (SSSR count). The first kappa shape index (κ1) is 18.6. The van der Waals surface area contributed by atoms with E-state index in [9.17, 15) is 14.4 Å². The molecule has 0 saturated carbocycles. The predicted octanol–water partition coefficient (Wildman–Crippen LogP) is 3.81. The Kier molecular flexibility index (Phi) is 6.06. The van der Waals surface area contributed by atoms with Crippen LogP contribution in [0.15, 0.2) is 36.4 Å². The summed E-state index contributed by atoms with van der Waals surface area (Å²) in [5.74, 6) is -0.0840. The summed E-state index contributed by atoms with van der Waals surface area (Å²) in [4.78, 5) is 38.0. The summed E-state index contributed by atoms with van der Waals surface area (Å²) in [5, 5.41) is 2.81. The molecule has 1 saturated heterocycles. The molecule has 0 bridgehead atoms. The van der Waals surface area contributed by atoms with Gasteiger partial charge in [-0.25, -0.2) is 0 Å². The van der Waals surface area contributed by atoms with Gasteiger partial charge in [0.25, 0.3) is 0 Å². The van der Waals surface area contributed by atoms with E-state index in [0.29, 0.717) is 22.2 Å². The van der Waals surface area contributed by atoms with Crippen LogP contribution in [0.4, 0.5) is 5.69 Å². The van der Waals surface area contributed by atoms with Gasteiger partial charge in [0, 0.05) is 38.0 Å². The van der Waals surface area contributed by atoms with Crippen molar-refractivity contribution in [2.24, 2.45) is 0 Å². The molecular weight excluding hydrogens is 372 g/mol. The zero-order chi connectivity index (χ0) is 18.5. The van der Waals surface area contributed by atoms with Crippen LogP contribution in [0.1, 0.15) is 40.9 Å². The second kappa shape index (κ2) is 8.47. The first-order chi connectivity index (χ1) is 12.5. The van der Waals surface area contributed by atoms with Crippen LogP contribution in [0.5, 0.6) is 0 Å². The minimum Gasteiger partial charge on any atom is -0.352 e. The Morgan fingerprint density at radius 3 is 2.50 bits per heavy atom. The lowest BCUT2D eigenvalue weighted by Gasteiger charge is -2.16. The third-order valence-corrected chi connectivity index (χ3v) is 5.51. The number of thiophene rings is 1. The van der Waals surface area contributed by atoms with E-state index in [-0.39, 0.29) is 30.4 Å². The Hall–Kier alpha value is -2.18. The average Bonchev–Trinajstić information content (AvgIpc) is 3.26. The molecule has 5 nitrogen and oxygen atoms in total.